The van der Waals surface area contributed by atoms with E-state index in [1.807, 2.05) is 19.1 Å². The number of nitrogens with one attached hydrogen (secondary N) is 1. The maximum absolute atomic E-state index is 13.6. The van der Waals surface area contributed by atoms with E-state index >= 15 is 0 Å². The van der Waals surface area contributed by atoms with Gasteiger partial charge in [-0.05, 0) is 44.7 Å². The fourth-order valence-corrected chi connectivity index (χ4v) is 6.30. The number of aromatic nitrogens is 6. The van der Waals surface area contributed by atoms with Crippen LogP contribution in [0.15, 0.2) is 16.9 Å². The summed E-state index contributed by atoms with van der Waals surface area (Å²) in [6.07, 6.45) is 4.16. The van der Waals surface area contributed by atoms with Crippen LogP contribution >= 0.6 is 23.2 Å². The van der Waals surface area contributed by atoms with Gasteiger partial charge in [-0.15, -0.1) is 0 Å². The Hall–Kier alpha value is -2.62. The smallest absolute Gasteiger partial charge is 0.266 e. The Morgan fingerprint density at radius 3 is 2.82 bits per heavy atom. The van der Waals surface area contributed by atoms with Crippen molar-refractivity contribution < 1.29 is 0 Å². The Morgan fingerprint density at radius 1 is 1.24 bits per heavy atom. The van der Waals surface area contributed by atoms with E-state index in [9.17, 15) is 4.79 Å². The number of nitrogens with zero attached hydrogens (tertiary/aromatic N) is 6. The second-order valence-corrected chi connectivity index (χ2v) is 9.69. The van der Waals surface area contributed by atoms with Crippen LogP contribution < -0.4 is 16.2 Å². The van der Waals surface area contributed by atoms with Crippen molar-refractivity contribution in [3.05, 3.63) is 32.7 Å². The average molecular weight is 487 g/mol. The van der Waals surface area contributed by atoms with Gasteiger partial charge in [0.05, 0.1) is 15.9 Å². The van der Waals surface area contributed by atoms with Crippen molar-refractivity contribution in [1.29, 1.82) is 0 Å². The van der Waals surface area contributed by atoms with Crippen LogP contribution in [0.5, 0.6) is 0 Å². The van der Waals surface area contributed by atoms with E-state index in [1.165, 1.54) is 0 Å². The van der Waals surface area contributed by atoms with Crippen molar-refractivity contribution in [2.24, 2.45) is 12.8 Å². The molecule has 5 heterocycles. The fraction of sp³-hybridized carbons (Fsp3) is 0.455. The van der Waals surface area contributed by atoms with E-state index in [4.69, 9.17) is 33.9 Å². The summed E-state index contributed by atoms with van der Waals surface area (Å²) < 4.78 is 3.30. The van der Waals surface area contributed by atoms with Crippen molar-refractivity contribution in [3.8, 4) is 11.3 Å². The van der Waals surface area contributed by atoms with Gasteiger partial charge in [-0.25, -0.2) is 0 Å². The molecule has 9 nitrogen and oxygen atoms in total. The standard InChI is InChI=1S/C22H24Cl2N8O/c1-3-31-19(24)15-13(29-31)8-7-11(17(15)23)18-16-20(28-27-18)26-22(30(2)21(16)33)32-10-5-4-6-14(32)12(25)9-10/h7-8,10,12,14H,3-6,9,25H2,1-2H3,(H,27,28)/t10?,12-,14-/m1/s1. The lowest BCUT2D eigenvalue weighted by molar-refractivity contribution is 0.445. The molecule has 3 aromatic heterocycles. The lowest BCUT2D eigenvalue weighted by atomic mass is 10.0. The van der Waals surface area contributed by atoms with Crippen LogP contribution in [-0.2, 0) is 13.6 Å². The van der Waals surface area contributed by atoms with Crippen LogP contribution in [-0.4, -0.2) is 47.7 Å². The molecule has 3 N–H and O–H groups in total. The summed E-state index contributed by atoms with van der Waals surface area (Å²) in [7, 11) is 1.76. The van der Waals surface area contributed by atoms with E-state index in [0.717, 1.165) is 25.7 Å². The third-order valence-electron chi connectivity index (χ3n) is 7.17. The number of anilines is 1. The minimum Gasteiger partial charge on any atom is -0.335 e. The van der Waals surface area contributed by atoms with Gasteiger partial charge in [0.15, 0.2) is 5.65 Å². The molecule has 6 rings (SSSR count). The number of fused-ring (bicyclic) bond motifs is 4. The molecule has 11 heteroatoms. The minimum atomic E-state index is -0.177. The van der Waals surface area contributed by atoms with Gasteiger partial charge in [-0.2, -0.15) is 15.2 Å². The molecule has 33 heavy (non-hydrogen) atoms. The molecular weight excluding hydrogens is 463 g/mol. The molecule has 1 unspecified atom stereocenters. The number of halogens is 2. The van der Waals surface area contributed by atoms with Gasteiger partial charge in [0.2, 0.25) is 5.95 Å². The second kappa shape index (κ2) is 7.44. The third-order valence-corrected chi connectivity index (χ3v) is 7.95. The minimum absolute atomic E-state index is 0.0988. The molecule has 2 saturated heterocycles. The summed E-state index contributed by atoms with van der Waals surface area (Å²) >= 11 is 13.3. The molecule has 0 saturated carbocycles. The Kier molecular flexibility index (Phi) is 4.73. The quantitative estimate of drug-likeness (QED) is 0.458. The van der Waals surface area contributed by atoms with E-state index in [0.29, 0.717) is 61.9 Å². The molecule has 4 aromatic rings. The van der Waals surface area contributed by atoms with Crippen LogP contribution in [0.25, 0.3) is 33.2 Å². The van der Waals surface area contributed by atoms with Gasteiger partial charge < -0.3 is 10.6 Å². The maximum atomic E-state index is 13.6. The van der Waals surface area contributed by atoms with E-state index in [2.05, 4.69) is 20.2 Å². The van der Waals surface area contributed by atoms with Crippen molar-refractivity contribution >= 4 is 51.1 Å². The van der Waals surface area contributed by atoms with E-state index < -0.39 is 0 Å². The number of rotatable bonds is 3. The highest BCUT2D eigenvalue weighted by Gasteiger charge is 2.43. The Bertz CT molecular complexity index is 1470. The number of H-pyrrole nitrogens is 1. The monoisotopic (exact) mass is 486 g/mol. The molecule has 2 fully saturated rings. The second-order valence-electron chi connectivity index (χ2n) is 8.96. The van der Waals surface area contributed by atoms with Gasteiger partial charge in [0.1, 0.15) is 16.2 Å². The molecule has 0 spiro atoms. The lowest BCUT2D eigenvalue weighted by Crippen LogP contribution is -2.46. The maximum Gasteiger partial charge on any atom is 0.266 e. The number of piperidine rings is 1. The van der Waals surface area contributed by atoms with Crippen molar-refractivity contribution in [2.75, 3.05) is 4.90 Å². The number of nitrogens with two attached hydrogens (primary N) is 1. The topological polar surface area (TPSA) is 111 Å². The Labute approximate surface area is 199 Å². The lowest BCUT2D eigenvalue weighted by Gasteiger charge is -2.36. The molecule has 2 aliphatic heterocycles. The van der Waals surface area contributed by atoms with E-state index in [1.54, 1.807) is 16.3 Å². The molecular formula is C22H24Cl2N8O. The number of aromatic amines is 1. The summed E-state index contributed by atoms with van der Waals surface area (Å²) in [5.74, 6) is 0.638. The molecule has 3 atom stereocenters. The first-order valence-corrected chi connectivity index (χ1v) is 12.0. The van der Waals surface area contributed by atoms with Gasteiger partial charge >= 0.3 is 0 Å². The fourth-order valence-electron chi connectivity index (χ4n) is 5.56. The first-order valence-electron chi connectivity index (χ1n) is 11.2. The largest absolute Gasteiger partial charge is 0.335 e. The van der Waals surface area contributed by atoms with E-state index in [-0.39, 0.29) is 17.6 Å². The molecule has 0 amide bonds. The van der Waals surface area contributed by atoms with Crippen LogP contribution in [0.3, 0.4) is 0 Å². The van der Waals surface area contributed by atoms with Gasteiger partial charge in [0, 0.05) is 37.3 Å². The van der Waals surface area contributed by atoms with Crippen LogP contribution in [0, 0.1) is 0 Å². The predicted molar refractivity (Wildman–Crippen MR) is 130 cm³/mol. The summed E-state index contributed by atoms with van der Waals surface area (Å²) in [4.78, 5) is 20.7. The highest BCUT2D eigenvalue weighted by Crippen LogP contribution is 2.40. The van der Waals surface area contributed by atoms with Gasteiger partial charge in [0.25, 0.3) is 5.56 Å². The normalized spacial score (nSPS) is 22.7. The summed E-state index contributed by atoms with van der Waals surface area (Å²) in [5.41, 5.74) is 8.43. The molecule has 0 radical (unpaired) electrons. The Morgan fingerprint density at radius 2 is 2.06 bits per heavy atom. The van der Waals surface area contributed by atoms with Crippen LogP contribution in [0.2, 0.25) is 10.2 Å². The zero-order valence-electron chi connectivity index (χ0n) is 18.3. The average Bonchev–Trinajstić information content (AvgIpc) is 3.42. The first-order chi connectivity index (χ1) is 15.9. The summed E-state index contributed by atoms with van der Waals surface area (Å²) in [6.45, 7) is 2.59. The number of benzene rings is 1. The zero-order valence-corrected chi connectivity index (χ0v) is 19.9. The van der Waals surface area contributed by atoms with Crippen molar-refractivity contribution in [1.82, 2.24) is 29.5 Å². The molecule has 2 aliphatic rings. The van der Waals surface area contributed by atoms with Crippen LogP contribution in [0.4, 0.5) is 5.95 Å². The predicted octanol–water partition coefficient (Wildman–Crippen LogP) is 3.46. The van der Waals surface area contributed by atoms with Gasteiger partial charge in [-0.3, -0.25) is 19.1 Å². The molecule has 0 aliphatic carbocycles. The number of hydrogen-bond donors (Lipinski definition) is 2. The number of aryl methyl sites for hydroxylation is 1. The van der Waals surface area contributed by atoms with Crippen molar-refractivity contribution in [2.45, 2.75) is 57.3 Å². The summed E-state index contributed by atoms with van der Waals surface area (Å²) in [5, 5.41) is 13.8. The number of hydrogen-bond acceptors (Lipinski definition) is 6. The van der Waals surface area contributed by atoms with Gasteiger partial charge in [-0.1, -0.05) is 23.2 Å². The SMILES string of the molecule is CCn1nc2ccc(-c3n[nH]c4nc(N5C6CCC[C@@H]5[C@H](N)C6)n(C)c(=O)c34)c(Cl)c2c1Cl. The molecule has 2 bridgehead atoms. The highest BCUT2D eigenvalue weighted by molar-refractivity contribution is 6.43. The van der Waals surface area contributed by atoms with Crippen LogP contribution in [0.1, 0.15) is 32.6 Å². The summed E-state index contributed by atoms with van der Waals surface area (Å²) in [6, 6.07) is 4.28. The highest BCUT2D eigenvalue weighted by atomic mass is 35.5. The molecule has 1 aromatic carbocycles. The first kappa shape index (κ1) is 20.9. The zero-order chi connectivity index (χ0) is 23.0. The third kappa shape index (κ3) is 2.88. The Balaban J connectivity index is 1.53. The van der Waals surface area contributed by atoms with Crippen molar-refractivity contribution in [3.63, 3.8) is 0 Å². The molecule has 172 valence electrons.